The highest BCUT2D eigenvalue weighted by Gasteiger charge is 2.23. The molecule has 0 saturated heterocycles. The van der Waals surface area contributed by atoms with Gasteiger partial charge >= 0.3 is 6.09 Å². The van der Waals surface area contributed by atoms with Crippen LogP contribution in [0.1, 0.15) is 57.1 Å². The first-order valence-corrected chi connectivity index (χ1v) is 10.2. The smallest absolute Gasteiger partial charge is 0.405 e. The summed E-state index contributed by atoms with van der Waals surface area (Å²) in [6.45, 7) is 1.82. The normalized spacial score (nSPS) is 12.7. The van der Waals surface area contributed by atoms with Gasteiger partial charge in [0.25, 0.3) is 0 Å². The molecule has 0 bridgehead atoms. The molecule has 2 aromatic carbocycles. The van der Waals surface area contributed by atoms with Crippen molar-refractivity contribution in [2.75, 3.05) is 0 Å². The summed E-state index contributed by atoms with van der Waals surface area (Å²) in [6.07, 6.45) is 2.66. The maximum Gasteiger partial charge on any atom is 0.405 e. The number of ketones is 1. The van der Waals surface area contributed by atoms with E-state index in [1.807, 2.05) is 43.3 Å². The minimum atomic E-state index is -1.30. The van der Waals surface area contributed by atoms with Crippen LogP contribution in [0, 0.1) is 0 Å². The van der Waals surface area contributed by atoms with Crippen LogP contribution in [0.25, 0.3) is 10.8 Å². The van der Waals surface area contributed by atoms with E-state index < -0.39 is 24.1 Å². The van der Waals surface area contributed by atoms with Gasteiger partial charge in [-0.3, -0.25) is 9.59 Å². The molecule has 3 N–H and O–H groups in total. The van der Waals surface area contributed by atoms with E-state index in [9.17, 15) is 19.2 Å². The number of Topliss-reactive ketones (excluding diaryl/α,β-unsaturated/α-hetero) is 1. The molecule has 2 amide bonds. The van der Waals surface area contributed by atoms with Crippen LogP contribution in [0.3, 0.4) is 0 Å². The topological polar surface area (TPSA) is 113 Å². The van der Waals surface area contributed by atoms with Crippen LogP contribution in [-0.4, -0.2) is 35.2 Å². The molecule has 1 unspecified atom stereocenters. The quantitative estimate of drug-likeness (QED) is 0.363. The summed E-state index contributed by atoms with van der Waals surface area (Å²) in [5.74, 6) is -0.357. The third kappa shape index (κ3) is 6.99. The van der Waals surface area contributed by atoms with Crippen molar-refractivity contribution in [3.63, 3.8) is 0 Å². The molecule has 30 heavy (non-hydrogen) atoms. The van der Waals surface area contributed by atoms with E-state index in [0.29, 0.717) is 44.0 Å². The van der Waals surface area contributed by atoms with E-state index >= 15 is 0 Å². The molecule has 0 saturated carbocycles. The number of carbonyl (C=O) groups excluding carboxylic acids is 3. The molecule has 0 aliphatic carbocycles. The number of unbranched alkanes of at least 4 members (excludes halogenated alkanes) is 2. The molecule has 7 heteroatoms. The van der Waals surface area contributed by atoms with Crippen LogP contribution < -0.4 is 10.6 Å². The van der Waals surface area contributed by atoms with Crippen molar-refractivity contribution in [3.05, 3.63) is 48.0 Å². The number of benzene rings is 2. The molecule has 0 radical (unpaired) electrons. The second kappa shape index (κ2) is 11.7. The molecular formula is C23H28N2O5. The molecule has 0 spiro atoms. The van der Waals surface area contributed by atoms with Gasteiger partial charge in [-0.2, -0.15) is 0 Å². The highest BCUT2D eigenvalue weighted by molar-refractivity contribution is 5.88. The first-order chi connectivity index (χ1) is 14.4. The van der Waals surface area contributed by atoms with Crippen molar-refractivity contribution in [2.45, 2.75) is 57.5 Å². The van der Waals surface area contributed by atoms with E-state index in [-0.39, 0.29) is 5.78 Å². The Labute approximate surface area is 175 Å². The molecule has 2 aromatic rings. The largest absolute Gasteiger partial charge is 0.465 e. The lowest BCUT2D eigenvalue weighted by molar-refractivity contribution is -0.126. The fourth-order valence-corrected chi connectivity index (χ4v) is 3.29. The molecule has 2 atom stereocenters. The van der Waals surface area contributed by atoms with Gasteiger partial charge in [-0.25, -0.2) is 4.79 Å². The van der Waals surface area contributed by atoms with E-state index in [1.165, 1.54) is 0 Å². The molecule has 7 nitrogen and oxygen atoms in total. The molecule has 160 valence electrons. The van der Waals surface area contributed by atoms with Gasteiger partial charge in [0.1, 0.15) is 24.2 Å². The summed E-state index contributed by atoms with van der Waals surface area (Å²) >= 11 is 0. The summed E-state index contributed by atoms with van der Waals surface area (Å²) in [4.78, 5) is 46.7. The van der Waals surface area contributed by atoms with Crippen LogP contribution in [0.2, 0.25) is 0 Å². The van der Waals surface area contributed by atoms with Gasteiger partial charge in [0.2, 0.25) is 5.91 Å². The van der Waals surface area contributed by atoms with Crippen LogP contribution >= 0.6 is 0 Å². The van der Waals surface area contributed by atoms with Crippen molar-refractivity contribution in [1.29, 1.82) is 0 Å². The lowest BCUT2D eigenvalue weighted by Gasteiger charge is -2.20. The molecule has 0 aliphatic heterocycles. The van der Waals surface area contributed by atoms with E-state index in [1.54, 1.807) is 6.07 Å². The van der Waals surface area contributed by atoms with Crippen molar-refractivity contribution < 1.29 is 24.3 Å². The van der Waals surface area contributed by atoms with Gasteiger partial charge in [0.05, 0.1) is 0 Å². The molecule has 0 aliphatic rings. The van der Waals surface area contributed by atoms with Gasteiger partial charge < -0.3 is 20.5 Å². The monoisotopic (exact) mass is 412 g/mol. The van der Waals surface area contributed by atoms with Gasteiger partial charge in [0, 0.05) is 12.8 Å². The standard InChI is InChI=1S/C23H28N2O5/c1-2-19(27)10-4-3-5-11-20(25-23(29)30)22(28)24-21(15-26)18-13-12-16-8-6-7-9-17(16)14-18/h6-9,12-15,20-21,25H,2-5,10-11H2,1H3,(H,24,28)(H,29,30)/t20-,21?/m0/s1. The number of hydrogen-bond donors (Lipinski definition) is 3. The zero-order valence-electron chi connectivity index (χ0n) is 17.1. The number of fused-ring (bicyclic) bond motifs is 1. The Kier molecular flexibility index (Phi) is 9.00. The Morgan fingerprint density at radius 2 is 1.73 bits per heavy atom. The predicted molar refractivity (Wildman–Crippen MR) is 114 cm³/mol. The number of aldehydes is 1. The number of amides is 2. The summed E-state index contributed by atoms with van der Waals surface area (Å²) in [5.41, 5.74) is 0.629. The second-order valence-corrected chi connectivity index (χ2v) is 7.22. The van der Waals surface area contributed by atoms with E-state index in [2.05, 4.69) is 10.6 Å². The van der Waals surface area contributed by atoms with Gasteiger partial charge in [-0.15, -0.1) is 0 Å². The average molecular weight is 412 g/mol. The SMILES string of the molecule is CCC(=O)CCCCC[C@H](NC(=O)O)C(=O)NC(C=O)c1ccc2ccccc2c1. The minimum Gasteiger partial charge on any atom is -0.465 e. The lowest BCUT2D eigenvalue weighted by Crippen LogP contribution is -2.47. The van der Waals surface area contributed by atoms with Crippen LogP contribution in [0.4, 0.5) is 4.79 Å². The van der Waals surface area contributed by atoms with Gasteiger partial charge in [-0.1, -0.05) is 56.2 Å². The van der Waals surface area contributed by atoms with Crippen molar-refractivity contribution in [1.82, 2.24) is 10.6 Å². The first-order valence-electron chi connectivity index (χ1n) is 10.2. The fraction of sp³-hybridized carbons (Fsp3) is 0.391. The predicted octanol–water partition coefficient (Wildman–Crippen LogP) is 3.76. The Bertz CT molecular complexity index is 896. The summed E-state index contributed by atoms with van der Waals surface area (Å²) in [6, 6.07) is 11.3. The van der Waals surface area contributed by atoms with E-state index in [4.69, 9.17) is 5.11 Å². The van der Waals surface area contributed by atoms with Crippen LogP contribution in [0.15, 0.2) is 42.5 Å². The minimum absolute atomic E-state index is 0.192. The highest BCUT2D eigenvalue weighted by Crippen LogP contribution is 2.20. The molecule has 0 fully saturated rings. The zero-order valence-corrected chi connectivity index (χ0v) is 17.1. The van der Waals surface area contributed by atoms with Crippen molar-refractivity contribution in [3.8, 4) is 0 Å². The maximum atomic E-state index is 12.7. The third-order valence-corrected chi connectivity index (χ3v) is 5.02. The summed E-state index contributed by atoms with van der Waals surface area (Å²) < 4.78 is 0. The molecule has 0 heterocycles. The number of hydrogen-bond acceptors (Lipinski definition) is 4. The number of carboxylic acid groups (broad SMARTS) is 1. The fourth-order valence-electron chi connectivity index (χ4n) is 3.29. The first kappa shape index (κ1) is 23.1. The molecular weight excluding hydrogens is 384 g/mol. The van der Waals surface area contributed by atoms with Gasteiger partial charge in [0.15, 0.2) is 0 Å². The Hall–Kier alpha value is -3.22. The van der Waals surface area contributed by atoms with Crippen molar-refractivity contribution >= 4 is 34.8 Å². The summed E-state index contributed by atoms with van der Waals surface area (Å²) in [5, 5.41) is 15.9. The molecule has 0 aromatic heterocycles. The van der Waals surface area contributed by atoms with Crippen molar-refractivity contribution in [2.24, 2.45) is 0 Å². The highest BCUT2D eigenvalue weighted by atomic mass is 16.4. The Morgan fingerprint density at radius 3 is 2.40 bits per heavy atom. The zero-order chi connectivity index (χ0) is 21.9. The summed E-state index contributed by atoms with van der Waals surface area (Å²) in [7, 11) is 0. The lowest BCUT2D eigenvalue weighted by atomic mass is 10.0. The van der Waals surface area contributed by atoms with Crippen LogP contribution in [0.5, 0.6) is 0 Å². The second-order valence-electron chi connectivity index (χ2n) is 7.22. The van der Waals surface area contributed by atoms with Gasteiger partial charge in [-0.05, 0) is 35.2 Å². The maximum absolute atomic E-state index is 12.7. The number of rotatable bonds is 12. The van der Waals surface area contributed by atoms with E-state index in [0.717, 1.165) is 17.2 Å². The third-order valence-electron chi connectivity index (χ3n) is 5.02. The average Bonchev–Trinajstić information content (AvgIpc) is 2.75. The Balaban J connectivity index is 1.99. The Morgan fingerprint density at radius 1 is 1.00 bits per heavy atom. The number of nitrogens with one attached hydrogen (secondary N) is 2. The number of carbonyl (C=O) groups is 4. The molecule has 2 rings (SSSR count). The van der Waals surface area contributed by atoms with Crippen LogP contribution in [-0.2, 0) is 14.4 Å².